The fourth-order valence-corrected chi connectivity index (χ4v) is 3.80. The molecule has 2 aromatic rings. The Morgan fingerprint density at radius 2 is 1.96 bits per heavy atom. The van der Waals surface area contributed by atoms with Gasteiger partial charge in [0.25, 0.3) is 5.91 Å². The lowest BCUT2D eigenvalue weighted by atomic mass is 10.0. The largest absolute Gasteiger partial charge is 0.326 e. The van der Waals surface area contributed by atoms with Crippen LogP contribution in [0.3, 0.4) is 0 Å². The highest BCUT2D eigenvalue weighted by atomic mass is 32.2. The molecule has 0 fully saturated rings. The normalized spacial score (nSPS) is 14.1. The van der Waals surface area contributed by atoms with Gasteiger partial charge in [-0.25, -0.2) is 12.8 Å². The maximum atomic E-state index is 13.5. The van der Waals surface area contributed by atoms with E-state index >= 15 is 0 Å². The van der Waals surface area contributed by atoms with Crippen molar-refractivity contribution in [3.05, 3.63) is 58.9 Å². The number of hydrogen-bond donors (Lipinski definition) is 2. The van der Waals surface area contributed by atoms with Crippen LogP contribution >= 0.6 is 0 Å². The van der Waals surface area contributed by atoms with E-state index in [1.807, 2.05) is 0 Å². The topological polar surface area (TPSA) is 92.3 Å². The number of hydrogen-bond acceptors (Lipinski definition) is 4. The van der Waals surface area contributed by atoms with E-state index < -0.39 is 21.6 Å². The van der Waals surface area contributed by atoms with Gasteiger partial charge in [-0.15, -0.1) is 0 Å². The summed E-state index contributed by atoms with van der Waals surface area (Å²) in [6, 6.07) is 8.57. The summed E-state index contributed by atoms with van der Waals surface area (Å²) >= 11 is 0. The van der Waals surface area contributed by atoms with Gasteiger partial charge in [-0.3, -0.25) is 9.59 Å². The van der Waals surface area contributed by atoms with Gasteiger partial charge in [0.1, 0.15) is 5.82 Å². The molecule has 3 rings (SSSR count). The summed E-state index contributed by atoms with van der Waals surface area (Å²) in [5.74, 6) is -1.44. The summed E-state index contributed by atoms with van der Waals surface area (Å²) in [7, 11) is -3.40. The van der Waals surface area contributed by atoms with Crippen molar-refractivity contribution in [2.75, 3.05) is 16.9 Å². The molecular formula is C19H19FN2O4S. The molecule has 1 aliphatic rings. The Balaban J connectivity index is 1.86. The molecule has 0 spiro atoms. The fraction of sp³-hybridized carbons (Fsp3) is 0.263. The number of nitrogens with one attached hydrogen (secondary N) is 2. The Morgan fingerprint density at radius 3 is 2.70 bits per heavy atom. The highest BCUT2D eigenvalue weighted by molar-refractivity contribution is 7.89. The Labute approximate surface area is 156 Å². The zero-order valence-corrected chi connectivity index (χ0v) is 15.5. The minimum absolute atomic E-state index is 0.0531. The molecule has 0 saturated heterocycles. The van der Waals surface area contributed by atoms with E-state index in [-0.39, 0.29) is 22.9 Å². The fourth-order valence-electron chi connectivity index (χ4n) is 3.00. The Kier molecular flexibility index (Phi) is 5.27. The summed E-state index contributed by atoms with van der Waals surface area (Å²) < 4.78 is 36.6. The molecule has 1 aliphatic heterocycles. The smallest absolute Gasteiger partial charge is 0.255 e. The van der Waals surface area contributed by atoms with Gasteiger partial charge < -0.3 is 10.6 Å². The zero-order chi connectivity index (χ0) is 19.6. The summed E-state index contributed by atoms with van der Waals surface area (Å²) in [4.78, 5) is 24.2. The predicted octanol–water partition coefficient (Wildman–Crippen LogP) is 2.90. The minimum atomic E-state index is -3.40. The quantitative estimate of drug-likeness (QED) is 0.840. The van der Waals surface area contributed by atoms with E-state index in [1.54, 1.807) is 18.2 Å². The maximum Gasteiger partial charge on any atom is 0.255 e. The average Bonchev–Trinajstić information content (AvgIpc) is 2.75. The Bertz CT molecular complexity index is 1020. The third-order valence-electron chi connectivity index (χ3n) is 4.22. The van der Waals surface area contributed by atoms with Crippen molar-refractivity contribution in [2.45, 2.75) is 25.0 Å². The van der Waals surface area contributed by atoms with Crippen molar-refractivity contribution in [3.63, 3.8) is 0 Å². The zero-order valence-electron chi connectivity index (χ0n) is 14.7. The molecule has 2 amide bonds. The monoisotopic (exact) mass is 390 g/mol. The van der Waals surface area contributed by atoms with Crippen LogP contribution in [0.5, 0.6) is 0 Å². The van der Waals surface area contributed by atoms with Crippen molar-refractivity contribution in [2.24, 2.45) is 0 Å². The van der Waals surface area contributed by atoms with Gasteiger partial charge in [0.05, 0.1) is 5.75 Å². The van der Waals surface area contributed by atoms with E-state index in [2.05, 4.69) is 10.6 Å². The van der Waals surface area contributed by atoms with Gasteiger partial charge in [0.2, 0.25) is 5.91 Å². The van der Waals surface area contributed by atoms with Crippen LogP contribution in [0.15, 0.2) is 36.4 Å². The number of sulfone groups is 1. The first-order valence-electron chi connectivity index (χ1n) is 8.41. The van der Waals surface area contributed by atoms with Gasteiger partial charge >= 0.3 is 0 Å². The van der Waals surface area contributed by atoms with Gasteiger partial charge in [-0.05, 0) is 60.4 Å². The van der Waals surface area contributed by atoms with Crippen molar-refractivity contribution in [1.29, 1.82) is 0 Å². The summed E-state index contributed by atoms with van der Waals surface area (Å²) in [6.07, 6.45) is 2.84. The standard InChI is InChI=1S/C19H19FN2O4S/c1-27(25,26)11-14-10-15(20)6-8-17(14)22-19(24)13-5-7-16-12(9-13)3-2-4-18(23)21-16/h5-10H,2-4,11H2,1H3,(H,21,23)(H,22,24). The number of aryl methyl sites for hydroxylation is 1. The summed E-state index contributed by atoms with van der Waals surface area (Å²) in [5, 5.41) is 5.45. The molecule has 1 heterocycles. The van der Waals surface area contributed by atoms with Crippen LogP contribution in [0.4, 0.5) is 15.8 Å². The number of benzene rings is 2. The number of amides is 2. The molecule has 8 heteroatoms. The van der Waals surface area contributed by atoms with Crippen molar-refractivity contribution in [3.8, 4) is 0 Å². The number of rotatable bonds is 4. The third-order valence-corrected chi connectivity index (χ3v) is 5.06. The van der Waals surface area contributed by atoms with Crippen LogP contribution in [-0.4, -0.2) is 26.5 Å². The van der Waals surface area contributed by atoms with Crippen molar-refractivity contribution < 1.29 is 22.4 Å². The molecule has 0 aliphatic carbocycles. The van der Waals surface area contributed by atoms with Gasteiger partial charge in [-0.2, -0.15) is 0 Å². The summed E-state index contributed by atoms with van der Waals surface area (Å²) in [6.45, 7) is 0. The van der Waals surface area contributed by atoms with E-state index in [4.69, 9.17) is 0 Å². The number of halogens is 1. The average molecular weight is 390 g/mol. The molecule has 0 radical (unpaired) electrons. The van der Waals surface area contributed by atoms with E-state index in [0.717, 1.165) is 24.0 Å². The summed E-state index contributed by atoms with van der Waals surface area (Å²) in [5.41, 5.74) is 2.36. The van der Waals surface area contributed by atoms with Crippen LogP contribution < -0.4 is 10.6 Å². The molecule has 0 atom stereocenters. The van der Waals surface area contributed by atoms with Crippen LogP contribution in [0.25, 0.3) is 0 Å². The second-order valence-corrected chi connectivity index (χ2v) is 8.74. The first kappa shape index (κ1) is 19.0. The lowest BCUT2D eigenvalue weighted by Crippen LogP contribution is -2.15. The highest BCUT2D eigenvalue weighted by Crippen LogP contribution is 2.25. The molecule has 2 aromatic carbocycles. The van der Waals surface area contributed by atoms with E-state index in [1.165, 1.54) is 6.07 Å². The Morgan fingerprint density at radius 1 is 1.19 bits per heavy atom. The molecular weight excluding hydrogens is 371 g/mol. The molecule has 6 nitrogen and oxygen atoms in total. The molecule has 0 bridgehead atoms. The Hall–Kier alpha value is -2.74. The first-order chi connectivity index (χ1) is 12.7. The second kappa shape index (κ2) is 7.48. The number of anilines is 2. The van der Waals surface area contributed by atoms with Gasteiger partial charge in [0, 0.05) is 29.6 Å². The second-order valence-electron chi connectivity index (χ2n) is 6.60. The van der Waals surface area contributed by atoms with Crippen LogP contribution in [-0.2, 0) is 26.8 Å². The number of fused-ring (bicyclic) bond motifs is 1. The molecule has 142 valence electrons. The molecule has 27 heavy (non-hydrogen) atoms. The highest BCUT2D eigenvalue weighted by Gasteiger charge is 2.17. The van der Waals surface area contributed by atoms with Crippen molar-refractivity contribution >= 4 is 33.0 Å². The van der Waals surface area contributed by atoms with Gasteiger partial charge in [-0.1, -0.05) is 0 Å². The van der Waals surface area contributed by atoms with E-state index in [0.29, 0.717) is 30.5 Å². The van der Waals surface area contributed by atoms with Crippen LogP contribution in [0.2, 0.25) is 0 Å². The first-order valence-corrected chi connectivity index (χ1v) is 10.5. The molecule has 0 aromatic heterocycles. The molecule has 0 unspecified atom stereocenters. The predicted molar refractivity (Wildman–Crippen MR) is 101 cm³/mol. The molecule has 2 N–H and O–H groups in total. The number of carbonyl (C=O) groups excluding carboxylic acids is 2. The van der Waals surface area contributed by atoms with E-state index in [9.17, 15) is 22.4 Å². The SMILES string of the molecule is CS(=O)(=O)Cc1cc(F)ccc1NC(=O)c1ccc2c(c1)CCCC(=O)N2. The van der Waals surface area contributed by atoms with Gasteiger partial charge in [0.15, 0.2) is 9.84 Å². The lowest BCUT2D eigenvalue weighted by molar-refractivity contribution is -0.116. The lowest BCUT2D eigenvalue weighted by Gasteiger charge is -2.13. The minimum Gasteiger partial charge on any atom is -0.326 e. The number of carbonyl (C=O) groups is 2. The van der Waals surface area contributed by atoms with Crippen LogP contribution in [0.1, 0.15) is 34.3 Å². The molecule has 0 saturated carbocycles. The maximum absolute atomic E-state index is 13.5. The van der Waals surface area contributed by atoms with Crippen LogP contribution in [0, 0.1) is 5.82 Å². The third kappa shape index (κ3) is 4.91. The van der Waals surface area contributed by atoms with Crippen molar-refractivity contribution in [1.82, 2.24) is 0 Å².